The SMILES string of the molecule is CC(=O)[O][Hg][c]1cccc2c1oc1ccccc12. The molecule has 18 heavy (non-hydrogen) atoms. The monoisotopic (exact) mass is 428 g/mol. The van der Waals surface area contributed by atoms with Crippen molar-refractivity contribution < 1.29 is 36.9 Å². The Hall–Kier alpha value is -1.35. The van der Waals surface area contributed by atoms with E-state index in [2.05, 4.69) is 0 Å². The molecule has 0 amide bonds. The molecule has 0 unspecified atom stereocenters. The Bertz CT molecular complexity index is 730. The van der Waals surface area contributed by atoms with Gasteiger partial charge in [0.2, 0.25) is 0 Å². The predicted octanol–water partition coefficient (Wildman–Crippen LogP) is 2.77. The number of furan rings is 1. The van der Waals surface area contributed by atoms with E-state index in [9.17, 15) is 4.79 Å². The number of hydrogen-bond acceptors (Lipinski definition) is 3. The molecule has 3 rings (SSSR count). The maximum absolute atomic E-state index is 10.9. The van der Waals surface area contributed by atoms with Crippen LogP contribution in [0.3, 0.4) is 0 Å². The fourth-order valence-corrected chi connectivity index (χ4v) is 5.93. The van der Waals surface area contributed by atoms with Gasteiger partial charge in [-0.3, -0.25) is 0 Å². The van der Waals surface area contributed by atoms with Gasteiger partial charge in [0.25, 0.3) is 0 Å². The molecule has 3 nitrogen and oxygen atoms in total. The van der Waals surface area contributed by atoms with Crippen LogP contribution in [0.25, 0.3) is 21.9 Å². The summed E-state index contributed by atoms with van der Waals surface area (Å²) < 4.78 is 12.2. The number of rotatable bonds is 2. The molecule has 86 valence electrons. The molecular weight excluding hydrogens is 417 g/mol. The maximum atomic E-state index is 10.9. The van der Waals surface area contributed by atoms with Gasteiger partial charge in [0, 0.05) is 0 Å². The Balaban J connectivity index is 2.18. The van der Waals surface area contributed by atoms with Crippen molar-refractivity contribution in [3.63, 3.8) is 0 Å². The molecule has 0 aliphatic carbocycles. The van der Waals surface area contributed by atoms with Gasteiger partial charge < -0.3 is 0 Å². The Morgan fingerprint density at radius 1 is 1.11 bits per heavy atom. The van der Waals surface area contributed by atoms with E-state index in [1.807, 2.05) is 42.5 Å². The van der Waals surface area contributed by atoms with E-state index in [0.29, 0.717) is 0 Å². The quantitative estimate of drug-likeness (QED) is 0.592. The van der Waals surface area contributed by atoms with Crippen LogP contribution in [0.15, 0.2) is 46.9 Å². The van der Waals surface area contributed by atoms with Crippen LogP contribution in [-0.2, 0) is 32.5 Å². The van der Waals surface area contributed by atoms with Crippen LogP contribution >= 0.6 is 0 Å². The van der Waals surface area contributed by atoms with E-state index in [0.717, 1.165) is 25.0 Å². The minimum absolute atomic E-state index is 0.190. The Labute approximate surface area is 117 Å². The molecule has 0 aliphatic rings. The molecule has 1 heterocycles. The van der Waals surface area contributed by atoms with Crippen molar-refractivity contribution in [2.75, 3.05) is 0 Å². The molecule has 0 N–H and O–H groups in total. The number of para-hydroxylation sites is 2. The van der Waals surface area contributed by atoms with Gasteiger partial charge in [-0.1, -0.05) is 0 Å². The van der Waals surface area contributed by atoms with E-state index in [4.69, 9.17) is 7.06 Å². The van der Waals surface area contributed by atoms with E-state index in [1.165, 1.54) is 6.92 Å². The normalized spacial score (nSPS) is 10.5. The molecular formula is C14H10HgO3. The minimum atomic E-state index is -1.86. The average Bonchev–Trinajstić information content (AvgIpc) is 2.75. The topological polar surface area (TPSA) is 39.4 Å². The van der Waals surface area contributed by atoms with E-state index in [-0.39, 0.29) is 5.97 Å². The molecule has 3 aromatic rings. The molecule has 0 aliphatic heterocycles. The third-order valence-corrected chi connectivity index (χ3v) is 8.43. The Morgan fingerprint density at radius 3 is 2.72 bits per heavy atom. The predicted molar refractivity (Wildman–Crippen MR) is 65.1 cm³/mol. The zero-order valence-electron chi connectivity index (χ0n) is 9.97. The van der Waals surface area contributed by atoms with Crippen LogP contribution in [0.5, 0.6) is 0 Å². The van der Waals surface area contributed by atoms with Crippen molar-refractivity contribution in [3.8, 4) is 0 Å². The summed E-state index contributed by atoms with van der Waals surface area (Å²) in [7, 11) is 0. The summed E-state index contributed by atoms with van der Waals surface area (Å²) in [6.07, 6.45) is 0. The molecule has 0 saturated heterocycles. The van der Waals surface area contributed by atoms with Crippen LogP contribution in [0.2, 0.25) is 0 Å². The van der Waals surface area contributed by atoms with Gasteiger partial charge in [0.05, 0.1) is 0 Å². The van der Waals surface area contributed by atoms with Gasteiger partial charge in [-0.05, 0) is 0 Å². The van der Waals surface area contributed by atoms with E-state index >= 15 is 0 Å². The van der Waals surface area contributed by atoms with Crippen LogP contribution < -0.4 is 3.07 Å². The fraction of sp³-hybridized carbons (Fsp3) is 0.0714. The van der Waals surface area contributed by atoms with Crippen molar-refractivity contribution in [1.29, 1.82) is 0 Å². The van der Waals surface area contributed by atoms with Crippen molar-refractivity contribution in [2.24, 2.45) is 0 Å². The summed E-state index contributed by atoms with van der Waals surface area (Å²) in [6.45, 7) is 1.46. The van der Waals surface area contributed by atoms with Gasteiger partial charge >= 0.3 is 117 Å². The second-order valence-corrected chi connectivity index (χ2v) is 9.38. The second-order valence-electron chi connectivity index (χ2n) is 4.17. The third-order valence-electron chi connectivity index (χ3n) is 2.92. The van der Waals surface area contributed by atoms with Crippen LogP contribution in [0, 0.1) is 0 Å². The van der Waals surface area contributed by atoms with Crippen LogP contribution in [0.1, 0.15) is 6.92 Å². The zero-order chi connectivity index (χ0) is 12.5. The molecule has 0 atom stereocenters. The van der Waals surface area contributed by atoms with Gasteiger partial charge in [-0.25, -0.2) is 0 Å². The first-order chi connectivity index (χ1) is 8.75. The fourth-order valence-electron chi connectivity index (χ4n) is 2.10. The first kappa shape index (κ1) is 11.7. The first-order valence-electron chi connectivity index (χ1n) is 5.78. The molecule has 0 radical (unpaired) electrons. The molecule has 0 bridgehead atoms. The summed E-state index contributed by atoms with van der Waals surface area (Å²) in [5.74, 6) is -0.190. The van der Waals surface area contributed by atoms with Crippen LogP contribution in [-0.4, -0.2) is 5.97 Å². The standard InChI is InChI=1S/C12H7O.C2H4O2.Hg/c1-3-7-11-9(5-1)10-6-2-4-8-12(10)13-11;1-2(3)4;/h1-7H;1H3,(H,3,4);/q;;+1/p-1. The van der Waals surface area contributed by atoms with E-state index < -0.39 is 25.0 Å². The summed E-state index contributed by atoms with van der Waals surface area (Å²) >= 11 is -1.86. The number of fused-ring (bicyclic) bond motifs is 3. The van der Waals surface area contributed by atoms with Crippen molar-refractivity contribution in [2.45, 2.75) is 6.92 Å². The second kappa shape index (κ2) is 4.73. The third kappa shape index (κ3) is 2.03. The molecule has 0 saturated carbocycles. The van der Waals surface area contributed by atoms with Crippen molar-refractivity contribution in [1.82, 2.24) is 0 Å². The number of carbonyl (C=O) groups is 1. The van der Waals surface area contributed by atoms with Crippen LogP contribution in [0.4, 0.5) is 0 Å². The van der Waals surface area contributed by atoms with Gasteiger partial charge in [-0.15, -0.1) is 0 Å². The van der Waals surface area contributed by atoms with E-state index in [1.54, 1.807) is 0 Å². The van der Waals surface area contributed by atoms with Crippen molar-refractivity contribution in [3.05, 3.63) is 42.5 Å². The number of carbonyl (C=O) groups excluding carboxylic acids is 1. The first-order valence-corrected chi connectivity index (χ1v) is 10.8. The summed E-state index contributed by atoms with van der Waals surface area (Å²) in [6, 6.07) is 14.0. The summed E-state index contributed by atoms with van der Waals surface area (Å²) in [4.78, 5) is 10.9. The van der Waals surface area contributed by atoms with Gasteiger partial charge in [-0.2, -0.15) is 0 Å². The molecule has 1 aromatic heterocycles. The Kier molecular flexibility index (Phi) is 3.08. The molecule has 4 heteroatoms. The molecule has 0 fully saturated rings. The van der Waals surface area contributed by atoms with Crippen molar-refractivity contribution >= 4 is 31.0 Å². The summed E-state index contributed by atoms with van der Waals surface area (Å²) in [5, 5.41) is 2.22. The number of hydrogen-bond donors (Lipinski definition) is 0. The average molecular weight is 427 g/mol. The van der Waals surface area contributed by atoms with Gasteiger partial charge in [0.1, 0.15) is 0 Å². The number of benzene rings is 2. The molecule has 0 spiro atoms. The summed E-state index contributed by atoms with van der Waals surface area (Å²) in [5.41, 5.74) is 1.78. The zero-order valence-corrected chi connectivity index (χ0v) is 15.5. The van der Waals surface area contributed by atoms with Gasteiger partial charge in [0.15, 0.2) is 0 Å². The Morgan fingerprint density at radius 2 is 1.89 bits per heavy atom. The molecule has 2 aromatic carbocycles.